The SMILES string of the molecule is C/C(=C1/c2ccccc2C(=O)N2CCCC12)c1ccccc1. The van der Waals surface area contributed by atoms with Crippen LogP contribution in [0.5, 0.6) is 0 Å². The zero-order valence-corrected chi connectivity index (χ0v) is 12.8. The van der Waals surface area contributed by atoms with Crippen molar-refractivity contribution in [2.45, 2.75) is 25.8 Å². The van der Waals surface area contributed by atoms with Gasteiger partial charge in [-0.15, -0.1) is 0 Å². The number of nitrogens with zero attached hydrogens (tertiary/aromatic N) is 1. The van der Waals surface area contributed by atoms with E-state index in [2.05, 4.69) is 42.2 Å². The Morgan fingerprint density at radius 1 is 1.00 bits per heavy atom. The summed E-state index contributed by atoms with van der Waals surface area (Å²) in [7, 11) is 0. The number of benzene rings is 2. The van der Waals surface area contributed by atoms with E-state index >= 15 is 0 Å². The van der Waals surface area contributed by atoms with Gasteiger partial charge in [-0.25, -0.2) is 0 Å². The van der Waals surface area contributed by atoms with Crippen molar-refractivity contribution in [2.75, 3.05) is 6.54 Å². The molecule has 0 bridgehead atoms. The first-order chi connectivity index (χ1) is 10.8. The number of hydrogen-bond acceptors (Lipinski definition) is 1. The van der Waals surface area contributed by atoms with Crippen LogP contribution in [0.3, 0.4) is 0 Å². The topological polar surface area (TPSA) is 20.3 Å². The Labute approximate surface area is 131 Å². The highest BCUT2D eigenvalue weighted by atomic mass is 16.2. The second-order valence-corrected chi connectivity index (χ2v) is 6.11. The molecule has 0 radical (unpaired) electrons. The Hall–Kier alpha value is -2.35. The fourth-order valence-corrected chi connectivity index (χ4v) is 3.84. The van der Waals surface area contributed by atoms with Crippen molar-refractivity contribution < 1.29 is 4.79 Å². The van der Waals surface area contributed by atoms with E-state index in [0.29, 0.717) is 0 Å². The van der Waals surface area contributed by atoms with Gasteiger partial charge >= 0.3 is 0 Å². The summed E-state index contributed by atoms with van der Waals surface area (Å²) in [6.07, 6.45) is 2.16. The van der Waals surface area contributed by atoms with Gasteiger partial charge in [0.2, 0.25) is 0 Å². The zero-order chi connectivity index (χ0) is 15.1. The monoisotopic (exact) mass is 289 g/mol. The second kappa shape index (κ2) is 5.13. The van der Waals surface area contributed by atoms with Crippen molar-refractivity contribution in [1.82, 2.24) is 4.90 Å². The molecule has 1 fully saturated rings. The number of carbonyl (C=O) groups is 1. The van der Waals surface area contributed by atoms with Crippen LogP contribution in [-0.2, 0) is 0 Å². The summed E-state index contributed by atoms with van der Waals surface area (Å²) in [6.45, 7) is 3.07. The van der Waals surface area contributed by atoms with Gasteiger partial charge < -0.3 is 4.90 Å². The predicted octanol–water partition coefficient (Wildman–Crippen LogP) is 4.24. The maximum Gasteiger partial charge on any atom is 0.254 e. The molecule has 0 saturated carbocycles. The smallest absolute Gasteiger partial charge is 0.254 e. The first-order valence-electron chi connectivity index (χ1n) is 7.94. The van der Waals surface area contributed by atoms with E-state index in [4.69, 9.17) is 0 Å². The van der Waals surface area contributed by atoms with Gasteiger partial charge in [0, 0.05) is 12.1 Å². The van der Waals surface area contributed by atoms with Crippen molar-refractivity contribution in [3.8, 4) is 0 Å². The molecule has 1 atom stereocenters. The molecule has 2 aliphatic heterocycles. The van der Waals surface area contributed by atoms with E-state index in [0.717, 1.165) is 30.5 Å². The fraction of sp³-hybridized carbons (Fsp3) is 0.250. The van der Waals surface area contributed by atoms with Crippen LogP contribution in [0.2, 0.25) is 0 Å². The highest BCUT2D eigenvalue weighted by molar-refractivity contribution is 6.08. The van der Waals surface area contributed by atoms with Crippen molar-refractivity contribution in [3.05, 3.63) is 71.3 Å². The molecule has 0 spiro atoms. The minimum Gasteiger partial charge on any atom is -0.332 e. The first-order valence-corrected chi connectivity index (χ1v) is 7.94. The Kier molecular flexibility index (Phi) is 3.11. The van der Waals surface area contributed by atoms with Gasteiger partial charge in [0.15, 0.2) is 0 Å². The van der Waals surface area contributed by atoms with Crippen molar-refractivity contribution >= 4 is 17.1 Å². The van der Waals surface area contributed by atoms with Gasteiger partial charge in [-0.05, 0) is 48.1 Å². The minimum atomic E-state index is 0.197. The third-order valence-corrected chi connectivity index (χ3v) is 4.91. The molecule has 2 heteroatoms. The van der Waals surface area contributed by atoms with Gasteiger partial charge in [-0.1, -0.05) is 48.5 Å². The molecule has 1 amide bonds. The Morgan fingerprint density at radius 2 is 1.68 bits per heavy atom. The molecule has 2 aromatic carbocycles. The van der Waals surface area contributed by atoms with E-state index in [9.17, 15) is 4.79 Å². The van der Waals surface area contributed by atoms with Gasteiger partial charge in [-0.2, -0.15) is 0 Å². The summed E-state index contributed by atoms with van der Waals surface area (Å²) >= 11 is 0. The molecule has 2 aromatic rings. The van der Waals surface area contributed by atoms with E-state index in [1.807, 2.05) is 24.3 Å². The molecule has 4 rings (SSSR count). The maximum atomic E-state index is 12.7. The average molecular weight is 289 g/mol. The zero-order valence-electron chi connectivity index (χ0n) is 12.8. The number of fused-ring (bicyclic) bond motifs is 2. The quantitative estimate of drug-likeness (QED) is 0.769. The summed E-state index contributed by atoms with van der Waals surface area (Å²) in [5.41, 5.74) is 5.84. The van der Waals surface area contributed by atoms with Crippen molar-refractivity contribution in [1.29, 1.82) is 0 Å². The van der Waals surface area contributed by atoms with Crippen LogP contribution in [0.15, 0.2) is 54.6 Å². The molecular formula is C20H19NO. The highest BCUT2D eigenvalue weighted by Crippen LogP contribution is 2.41. The molecule has 2 heterocycles. The van der Waals surface area contributed by atoms with E-state index in [-0.39, 0.29) is 11.9 Å². The molecule has 2 aliphatic rings. The van der Waals surface area contributed by atoms with Crippen LogP contribution in [-0.4, -0.2) is 23.4 Å². The molecule has 110 valence electrons. The molecule has 1 saturated heterocycles. The van der Waals surface area contributed by atoms with Gasteiger partial charge in [-0.3, -0.25) is 4.79 Å². The Balaban J connectivity index is 1.97. The number of amides is 1. The molecule has 0 aromatic heterocycles. The first kappa shape index (κ1) is 13.3. The lowest BCUT2D eigenvalue weighted by Gasteiger charge is -2.35. The molecule has 22 heavy (non-hydrogen) atoms. The predicted molar refractivity (Wildman–Crippen MR) is 89.4 cm³/mol. The molecule has 1 unspecified atom stereocenters. The largest absolute Gasteiger partial charge is 0.332 e. The molecule has 2 nitrogen and oxygen atoms in total. The van der Waals surface area contributed by atoms with Crippen LogP contribution >= 0.6 is 0 Å². The van der Waals surface area contributed by atoms with E-state index in [1.165, 1.54) is 16.7 Å². The normalized spacial score (nSPS) is 22.3. The van der Waals surface area contributed by atoms with Crippen LogP contribution < -0.4 is 0 Å². The summed E-state index contributed by atoms with van der Waals surface area (Å²) in [5, 5.41) is 0. The number of rotatable bonds is 1. The number of carbonyl (C=O) groups excluding carboxylic acids is 1. The number of hydrogen-bond donors (Lipinski definition) is 0. The maximum absolute atomic E-state index is 12.7. The van der Waals surface area contributed by atoms with Crippen LogP contribution in [0, 0.1) is 0 Å². The lowest BCUT2D eigenvalue weighted by Crippen LogP contribution is -2.40. The van der Waals surface area contributed by atoms with E-state index in [1.54, 1.807) is 0 Å². The van der Waals surface area contributed by atoms with Gasteiger partial charge in [0.25, 0.3) is 5.91 Å². The highest BCUT2D eigenvalue weighted by Gasteiger charge is 2.39. The average Bonchev–Trinajstić information content (AvgIpc) is 3.05. The van der Waals surface area contributed by atoms with Crippen LogP contribution in [0.4, 0.5) is 0 Å². The summed E-state index contributed by atoms with van der Waals surface area (Å²) in [5.74, 6) is 0.197. The van der Waals surface area contributed by atoms with E-state index < -0.39 is 0 Å². The fourth-order valence-electron chi connectivity index (χ4n) is 3.84. The third kappa shape index (κ3) is 1.91. The minimum absolute atomic E-state index is 0.197. The Morgan fingerprint density at radius 3 is 2.45 bits per heavy atom. The van der Waals surface area contributed by atoms with Gasteiger partial charge in [0.05, 0.1) is 6.04 Å². The summed E-state index contributed by atoms with van der Waals surface area (Å²) in [6, 6.07) is 18.8. The summed E-state index contributed by atoms with van der Waals surface area (Å²) in [4.78, 5) is 14.8. The second-order valence-electron chi connectivity index (χ2n) is 6.11. The molecule has 0 aliphatic carbocycles. The number of allylic oxidation sites excluding steroid dienone is 1. The van der Waals surface area contributed by atoms with Crippen LogP contribution in [0.25, 0.3) is 11.1 Å². The van der Waals surface area contributed by atoms with Gasteiger partial charge in [0.1, 0.15) is 0 Å². The lowest BCUT2D eigenvalue weighted by atomic mass is 9.84. The molecule has 0 N–H and O–H groups in total. The van der Waals surface area contributed by atoms with Crippen molar-refractivity contribution in [2.24, 2.45) is 0 Å². The third-order valence-electron chi connectivity index (χ3n) is 4.91. The summed E-state index contributed by atoms with van der Waals surface area (Å²) < 4.78 is 0. The molecular weight excluding hydrogens is 270 g/mol. The lowest BCUT2D eigenvalue weighted by molar-refractivity contribution is 0.0756. The van der Waals surface area contributed by atoms with Crippen LogP contribution in [0.1, 0.15) is 41.3 Å². The van der Waals surface area contributed by atoms with Crippen molar-refractivity contribution in [3.63, 3.8) is 0 Å². The Bertz CT molecular complexity index is 760. The standard InChI is InChI=1S/C20H19NO/c1-14(15-8-3-2-4-9-15)19-16-10-5-6-11-17(16)20(22)21-13-7-12-18(19)21/h2-6,8-11,18H,7,12-13H2,1H3/b19-14+.